The molecule has 1 heterocycles. The third-order valence-corrected chi connectivity index (χ3v) is 4.29. The zero-order valence-corrected chi connectivity index (χ0v) is 11.8. The van der Waals surface area contributed by atoms with E-state index in [1.165, 1.54) is 0 Å². The summed E-state index contributed by atoms with van der Waals surface area (Å²) in [5, 5.41) is 12.4. The molecule has 1 rings (SSSR count). The highest BCUT2D eigenvalue weighted by Gasteiger charge is 2.28. The normalized spacial score (nSPS) is 11.6. The van der Waals surface area contributed by atoms with Crippen LogP contribution in [0.4, 0.5) is 0 Å². The van der Waals surface area contributed by atoms with Gasteiger partial charge in [-0.25, -0.2) is 0 Å². The van der Waals surface area contributed by atoms with Crippen molar-refractivity contribution in [3.05, 3.63) is 21.4 Å². The Morgan fingerprint density at radius 3 is 2.35 bits per heavy atom. The molecule has 0 saturated carbocycles. The van der Waals surface area contributed by atoms with Gasteiger partial charge in [-0.05, 0) is 32.8 Å². The minimum Gasteiger partial charge on any atom is -0.394 e. The molecule has 17 heavy (non-hydrogen) atoms. The van der Waals surface area contributed by atoms with Gasteiger partial charge >= 0.3 is 0 Å². The highest BCUT2D eigenvalue weighted by molar-refractivity contribution is 7.12. The van der Waals surface area contributed by atoms with E-state index in [0.29, 0.717) is 0 Å². The molecule has 0 aromatic carbocycles. The Bertz CT molecular complexity index is 386. The second-order valence-electron chi connectivity index (χ2n) is 4.43. The van der Waals surface area contributed by atoms with Crippen molar-refractivity contribution in [1.82, 2.24) is 5.32 Å². The smallest absolute Gasteiger partial charge is 0.252 e. The van der Waals surface area contributed by atoms with E-state index in [9.17, 15) is 9.90 Å². The number of nitrogens with one attached hydrogen (secondary N) is 1. The van der Waals surface area contributed by atoms with Crippen LogP contribution in [0.5, 0.6) is 0 Å². The van der Waals surface area contributed by atoms with Gasteiger partial charge in [-0.3, -0.25) is 4.79 Å². The van der Waals surface area contributed by atoms with Crippen molar-refractivity contribution in [3.8, 4) is 0 Å². The van der Waals surface area contributed by atoms with Gasteiger partial charge in [0.1, 0.15) is 0 Å². The summed E-state index contributed by atoms with van der Waals surface area (Å²) in [5.41, 5.74) is 0.242. The lowest BCUT2D eigenvalue weighted by atomic mass is 9.93. The van der Waals surface area contributed by atoms with Gasteiger partial charge in [0, 0.05) is 9.75 Å². The predicted octanol–water partition coefficient (Wildman–Crippen LogP) is 2.65. The van der Waals surface area contributed by atoms with E-state index in [1.807, 2.05) is 33.8 Å². The van der Waals surface area contributed by atoms with Crippen LogP contribution in [0.25, 0.3) is 0 Å². The van der Waals surface area contributed by atoms with Gasteiger partial charge in [0.05, 0.1) is 17.7 Å². The van der Waals surface area contributed by atoms with Crippen LogP contribution in [0.2, 0.25) is 0 Å². The lowest BCUT2D eigenvalue weighted by Gasteiger charge is -2.30. The molecule has 3 nitrogen and oxygen atoms in total. The molecule has 0 aliphatic heterocycles. The summed E-state index contributed by atoms with van der Waals surface area (Å²) in [7, 11) is 0. The second kappa shape index (κ2) is 5.65. The van der Waals surface area contributed by atoms with Crippen LogP contribution < -0.4 is 5.32 Å². The van der Waals surface area contributed by atoms with Crippen LogP contribution in [0, 0.1) is 13.8 Å². The molecule has 0 unspecified atom stereocenters. The van der Waals surface area contributed by atoms with Crippen LogP contribution in [-0.4, -0.2) is 23.2 Å². The van der Waals surface area contributed by atoms with Gasteiger partial charge in [0.2, 0.25) is 0 Å². The second-order valence-corrected chi connectivity index (χ2v) is 5.89. The summed E-state index contributed by atoms with van der Waals surface area (Å²) >= 11 is 1.62. The molecule has 0 aliphatic rings. The number of carbonyl (C=O) groups is 1. The Morgan fingerprint density at radius 1 is 1.41 bits per heavy atom. The number of rotatable bonds is 5. The number of carbonyl (C=O) groups excluding carboxylic acids is 1. The Labute approximate surface area is 107 Å². The maximum Gasteiger partial charge on any atom is 0.252 e. The molecule has 96 valence electrons. The van der Waals surface area contributed by atoms with Crippen LogP contribution >= 0.6 is 11.3 Å². The van der Waals surface area contributed by atoms with E-state index >= 15 is 0 Å². The average Bonchev–Trinajstić information content (AvgIpc) is 2.65. The highest BCUT2D eigenvalue weighted by atomic mass is 32.1. The first-order valence-corrected chi connectivity index (χ1v) is 6.80. The fraction of sp³-hybridized carbons (Fsp3) is 0.615. The van der Waals surface area contributed by atoms with Gasteiger partial charge in [0.25, 0.3) is 5.91 Å². The molecule has 0 fully saturated rings. The number of amides is 1. The van der Waals surface area contributed by atoms with Crippen LogP contribution in [0.1, 0.15) is 46.8 Å². The quantitative estimate of drug-likeness (QED) is 0.849. The highest BCUT2D eigenvalue weighted by Crippen LogP contribution is 2.22. The van der Waals surface area contributed by atoms with Crippen molar-refractivity contribution in [3.63, 3.8) is 0 Å². The topological polar surface area (TPSA) is 49.3 Å². The number of aliphatic hydroxyl groups excluding tert-OH is 1. The molecule has 0 radical (unpaired) electrons. The Balaban J connectivity index is 2.88. The van der Waals surface area contributed by atoms with Crippen molar-refractivity contribution >= 4 is 17.2 Å². The Morgan fingerprint density at radius 2 is 2.00 bits per heavy atom. The molecule has 1 aromatic heterocycles. The minimum absolute atomic E-state index is 0.0199. The lowest BCUT2D eigenvalue weighted by molar-refractivity contribution is 0.0817. The number of hydrogen-bond donors (Lipinski definition) is 2. The first-order chi connectivity index (χ1) is 7.98. The van der Waals surface area contributed by atoms with E-state index in [2.05, 4.69) is 5.32 Å². The third-order valence-electron chi connectivity index (χ3n) is 3.32. The third kappa shape index (κ3) is 3.07. The van der Waals surface area contributed by atoms with E-state index in [1.54, 1.807) is 11.3 Å². The lowest BCUT2D eigenvalue weighted by Crippen LogP contribution is -2.50. The molecule has 2 N–H and O–H groups in total. The summed E-state index contributed by atoms with van der Waals surface area (Å²) in [6, 6.07) is 1.91. The van der Waals surface area contributed by atoms with Crippen molar-refractivity contribution in [2.45, 2.75) is 46.1 Å². The largest absolute Gasteiger partial charge is 0.394 e. The molecule has 1 aromatic rings. The van der Waals surface area contributed by atoms with Gasteiger partial charge in [-0.1, -0.05) is 13.8 Å². The first kappa shape index (κ1) is 14.2. The fourth-order valence-corrected chi connectivity index (χ4v) is 2.78. The van der Waals surface area contributed by atoms with E-state index in [4.69, 9.17) is 0 Å². The van der Waals surface area contributed by atoms with Crippen LogP contribution in [-0.2, 0) is 0 Å². The molecule has 4 heteroatoms. The van der Waals surface area contributed by atoms with Crippen LogP contribution in [0.15, 0.2) is 6.07 Å². The minimum atomic E-state index is -0.487. The molecule has 0 saturated heterocycles. The van der Waals surface area contributed by atoms with Crippen molar-refractivity contribution < 1.29 is 9.90 Å². The van der Waals surface area contributed by atoms with Gasteiger partial charge in [-0.2, -0.15) is 0 Å². The van der Waals surface area contributed by atoms with E-state index < -0.39 is 5.54 Å². The van der Waals surface area contributed by atoms with Crippen molar-refractivity contribution in [2.75, 3.05) is 6.61 Å². The first-order valence-electron chi connectivity index (χ1n) is 5.98. The molecule has 0 spiro atoms. The van der Waals surface area contributed by atoms with Crippen molar-refractivity contribution in [1.29, 1.82) is 0 Å². The van der Waals surface area contributed by atoms with Gasteiger partial charge in [-0.15, -0.1) is 11.3 Å². The molecule has 0 aliphatic carbocycles. The predicted molar refractivity (Wildman–Crippen MR) is 71.7 cm³/mol. The maximum absolute atomic E-state index is 12.2. The van der Waals surface area contributed by atoms with Gasteiger partial charge in [0.15, 0.2) is 0 Å². The molecular formula is C13H21NO2S. The van der Waals surface area contributed by atoms with E-state index in [-0.39, 0.29) is 12.5 Å². The fourth-order valence-electron chi connectivity index (χ4n) is 1.85. The van der Waals surface area contributed by atoms with Gasteiger partial charge < -0.3 is 10.4 Å². The molecular weight excluding hydrogens is 234 g/mol. The number of hydrogen-bond acceptors (Lipinski definition) is 3. The summed E-state index contributed by atoms with van der Waals surface area (Å²) in [4.78, 5) is 14.3. The molecule has 0 bridgehead atoms. The van der Waals surface area contributed by atoms with E-state index in [0.717, 1.165) is 28.2 Å². The summed E-state index contributed by atoms with van der Waals surface area (Å²) in [6.07, 6.45) is 1.46. The number of aliphatic hydroxyl groups is 1. The van der Waals surface area contributed by atoms with Crippen molar-refractivity contribution in [2.24, 2.45) is 0 Å². The SMILES string of the molecule is CCC(CC)(CO)NC(=O)c1cc(C)sc1C. The zero-order chi connectivity index (χ0) is 13.1. The summed E-state index contributed by atoms with van der Waals surface area (Å²) < 4.78 is 0. The Hall–Kier alpha value is -0.870. The number of aryl methyl sites for hydroxylation is 2. The number of thiophene rings is 1. The standard InChI is InChI=1S/C13H21NO2S/c1-5-13(6-2,8-15)14-12(16)11-7-9(3)17-10(11)4/h7,15H,5-6,8H2,1-4H3,(H,14,16). The molecule has 0 atom stereocenters. The average molecular weight is 255 g/mol. The van der Waals surface area contributed by atoms with Crippen LogP contribution in [0.3, 0.4) is 0 Å². The monoisotopic (exact) mass is 255 g/mol. The maximum atomic E-state index is 12.2. The summed E-state index contributed by atoms with van der Waals surface area (Å²) in [6.45, 7) is 7.88. The summed E-state index contributed by atoms with van der Waals surface area (Å²) in [5.74, 6) is -0.0791. The zero-order valence-electron chi connectivity index (χ0n) is 11.0. The molecule has 1 amide bonds. The Kier molecular flexibility index (Phi) is 4.71.